The zero-order valence-electron chi connectivity index (χ0n) is 19.9. The van der Waals surface area contributed by atoms with E-state index in [2.05, 4.69) is 55.4 Å². The highest BCUT2D eigenvalue weighted by Crippen LogP contribution is 2.55. The Morgan fingerprint density at radius 2 is 0.733 bits per heavy atom. The first kappa shape index (κ1) is 20.6. The third-order valence-electron chi connectivity index (χ3n) is 8.22. The summed E-state index contributed by atoms with van der Waals surface area (Å²) < 4.78 is 0. The zero-order valence-corrected chi connectivity index (χ0v) is 19.9. The Morgan fingerprint density at radius 1 is 0.467 bits per heavy atom. The lowest BCUT2D eigenvalue weighted by Gasteiger charge is -2.23. The van der Waals surface area contributed by atoms with E-state index in [0.29, 0.717) is 0 Å². The Morgan fingerprint density at radius 3 is 1.03 bits per heavy atom. The molecule has 0 N–H and O–H groups in total. The Balaban J connectivity index is 2.07. The van der Waals surface area contributed by atoms with Crippen LogP contribution in [0.4, 0.5) is 11.4 Å². The molecule has 0 bridgehead atoms. The molecule has 0 spiro atoms. The minimum absolute atomic E-state index is 0.0241. The number of benzene rings is 2. The van der Waals surface area contributed by atoms with Gasteiger partial charge in [-0.1, -0.05) is 0 Å². The summed E-state index contributed by atoms with van der Waals surface area (Å²) in [5, 5.41) is 0. The van der Waals surface area contributed by atoms with Gasteiger partial charge < -0.3 is 9.80 Å². The first-order chi connectivity index (χ1) is 13.9. The number of amides is 2. The molecule has 0 saturated carbocycles. The number of carbonyl (C=O) groups is 2. The second-order valence-electron chi connectivity index (χ2n) is 9.27. The van der Waals surface area contributed by atoms with Gasteiger partial charge in [-0.25, -0.2) is 0 Å². The summed E-state index contributed by atoms with van der Waals surface area (Å²) in [5.41, 5.74) is 13.5. The van der Waals surface area contributed by atoms with E-state index in [1.54, 1.807) is 9.80 Å². The topological polar surface area (TPSA) is 40.6 Å². The summed E-state index contributed by atoms with van der Waals surface area (Å²) >= 11 is 0. The molecule has 2 aromatic carbocycles. The highest BCUT2D eigenvalue weighted by Gasteiger charge is 2.51. The minimum Gasteiger partial charge on any atom is -0.314 e. The van der Waals surface area contributed by atoms with E-state index in [9.17, 15) is 9.59 Å². The monoisotopic (exact) mass is 404 g/mol. The van der Waals surface area contributed by atoms with Crippen LogP contribution in [0.3, 0.4) is 0 Å². The van der Waals surface area contributed by atoms with Gasteiger partial charge in [0.15, 0.2) is 0 Å². The van der Waals surface area contributed by atoms with E-state index >= 15 is 0 Å². The smallest absolute Gasteiger partial charge is 0.235 e. The third-order valence-corrected chi connectivity index (χ3v) is 8.22. The van der Waals surface area contributed by atoms with Gasteiger partial charge in [-0.3, -0.25) is 9.59 Å². The first-order valence-electron chi connectivity index (χ1n) is 10.7. The van der Waals surface area contributed by atoms with Crippen molar-refractivity contribution in [1.29, 1.82) is 0 Å². The van der Waals surface area contributed by atoms with Gasteiger partial charge in [-0.2, -0.15) is 0 Å². The molecule has 0 fully saturated rings. The van der Waals surface area contributed by atoms with E-state index in [1.807, 2.05) is 14.1 Å². The minimum atomic E-state index is -0.473. The van der Waals surface area contributed by atoms with Gasteiger partial charge in [0.05, 0.1) is 23.2 Å². The molecule has 4 nitrogen and oxygen atoms in total. The average molecular weight is 405 g/mol. The summed E-state index contributed by atoms with van der Waals surface area (Å²) in [5.74, 6) is -0.897. The van der Waals surface area contributed by atoms with Gasteiger partial charge in [-0.15, -0.1) is 0 Å². The number of anilines is 2. The maximum Gasteiger partial charge on any atom is 0.235 e. The molecule has 4 heteroatoms. The number of nitrogens with zero attached hydrogens (tertiary/aromatic N) is 2. The van der Waals surface area contributed by atoms with Crippen LogP contribution in [0.25, 0.3) is 0 Å². The lowest BCUT2D eigenvalue weighted by Crippen LogP contribution is -2.33. The molecule has 2 aliphatic heterocycles. The predicted octanol–water partition coefficient (Wildman–Crippen LogP) is 4.97. The molecular formula is C26H32N2O2. The van der Waals surface area contributed by atoms with Crippen LogP contribution in [0.1, 0.15) is 67.5 Å². The second-order valence-corrected chi connectivity index (χ2v) is 9.27. The maximum atomic E-state index is 13.6. The van der Waals surface area contributed by atoms with E-state index in [-0.39, 0.29) is 11.8 Å². The maximum absolute atomic E-state index is 13.6. The van der Waals surface area contributed by atoms with Gasteiger partial charge in [0, 0.05) is 14.1 Å². The van der Waals surface area contributed by atoms with Crippen molar-refractivity contribution >= 4 is 23.2 Å². The molecule has 0 aromatic heterocycles. The number of likely N-dealkylation sites (N-methyl/N-ethyl adjacent to an activating group) is 2. The summed E-state index contributed by atoms with van der Waals surface area (Å²) in [7, 11) is 3.70. The van der Waals surface area contributed by atoms with Crippen LogP contribution < -0.4 is 9.80 Å². The Kier molecular flexibility index (Phi) is 4.43. The fourth-order valence-electron chi connectivity index (χ4n) is 5.77. The van der Waals surface area contributed by atoms with E-state index in [1.165, 1.54) is 22.3 Å². The van der Waals surface area contributed by atoms with Crippen LogP contribution in [0, 0.1) is 55.4 Å². The molecule has 0 aliphatic carbocycles. The molecule has 30 heavy (non-hydrogen) atoms. The fraction of sp³-hybridized carbons (Fsp3) is 0.462. The highest BCUT2D eigenvalue weighted by molar-refractivity contribution is 6.15. The Bertz CT molecular complexity index is 1070. The van der Waals surface area contributed by atoms with Crippen molar-refractivity contribution in [3.8, 4) is 0 Å². The van der Waals surface area contributed by atoms with Gasteiger partial charge in [0.2, 0.25) is 11.8 Å². The Hall–Kier alpha value is -2.62. The van der Waals surface area contributed by atoms with Crippen molar-refractivity contribution in [2.45, 2.75) is 67.2 Å². The first-order valence-corrected chi connectivity index (χ1v) is 10.7. The van der Waals surface area contributed by atoms with Crippen molar-refractivity contribution in [1.82, 2.24) is 0 Å². The number of fused-ring (bicyclic) bond motifs is 2. The van der Waals surface area contributed by atoms with Gasteiger partial charge in [-0.05, 0) is 111 Å². The van der Waals surface area contributed by atoms with Crippen molar-refractivity contribution in [3.05, 3.63) is 55.6 Å². The van der Waals surface area contributed by atoms with Crippen LogP contribution >= 0.6 is 0 Å². The number of hydrogen-bond acceptors (Lipinski definition) is 2. The van der Waals surface area contributed by atoms with Crippen molar-refractivity contribution in [2.75, 3.05) is 23.9 Å². The number of rotatable bonds is 1. The fourth-order valence-corrected chi connectivity index (χ4v) is 5.77. The zero-order chi connectivity index (χ0) is 22.4. The molecule has 2 atom stereocenters. The SMILES string of the molecule is Cc1c(C)c(C)c2c(c1C)C(C1C(=O)N(C)c3c(C)c(C)c(C)c(C)c31)C(=O)N2C. The average Bonchev–Trinajstić information content (AvgIpc) is 3.12. The molecule has 2 heterocycles. The van der Waals surface area contributed by atoms with E-state index in [0.717, 1.165) is 44.8 Å². The normalized spacial score (nSPS) is 20.3. The van der Waals surface area contributed by atoms with Crippen LogP contribution in [0.2, 0.25) is 0 Å². The molecular weight excluding hydrogens is 372 g/mol. The lowest BCUT2D eigenvalue weighted by atomic mass is 9.76. The Labute approximate surface area is 179 Å². The largest absolute Gasteiger partial charge is 0.314 e. The van der Waals surface area contributed by atoms with Gasteiger partial charge >= 0.3 is 0 Å². The summed E-state index contributed by atoms with van der Waals surface area (Å²) in [4.78, 5) is 30.8. The number of carbonyl (C=O) groups excluding carboxylic acids is 2. The highest BCUT2D eigenvalue weighted by atomic mass is 16.2. The molecule has 0 saturated heterocycles. The lowest BCUT2D eigenvalue weighted by molar-refractivity contribution is -0.125. The summed E-state index contributed by atoms with van der Waals surface area (Å²) in [6.07, 6.45) is 0. The van der Waals surface area contributed by atoms with Crippen LogP contribution in [0.5, 0.6) is 0 Å². The molecule has 4 rings (SSSR count). The number of hydrogen-bond donors (Lipinski definition) is 0. The van der Waals surface area contributed by atoms with Crippen molar-refractivity contribution < 1.29 is 9.59 Å². The van der Waals surface area contributed by atoms with Crippen LogP contribution in [-0.2, 0) is 9.59 Å². The molecule has 0 radical (unpaired) electrons. The quantitative estimate of drug-likeness (QED) is 0.673. The standard InChI is InChI=1S/C26H32N2O2/c1-11-13(3)17(7)23-19(15(11)5)21(25(29)27(23)9)22-20-16(6)12(2)14(4)18(8)24(20)28(10)26(22)30/h21-22H,1-10H3. The molecule has 2 aliphatic rings. The molecule has 158 valence electrons. The molecule has 2 aromatic rings. The second kappa shape index (κ2) is 6.44. The van der Waals surface area contributed by atoms with E-state index in [4.69, 9.17) is 0 Å². The van der Waals surface area contributed by atoms with Crippen LogP contribution in [-0.4, -0.2) is 25.9 Å². The van der Waals surface area contributed by atoms with Gasteiger partial charge in [0.1, 0.15) is 0 Å². The van der Waals surface area contributed by atoms with Gasteiger partial charge in [0.25, 0.3) is 0 Å². The summed E-state index contributed by atoms with van der Waals surface area (Å²) in [6.45, 7) is 16.9. The molecule has 2 amide bonds. The predicted molar refractivity (Wildman–Crippen MR) is 123 cm³/mol. The van der Waals surface area contributed by atoms with E-state index < -0.39 is 11.8 Å². The molecule has 2 unspecified atom stereocenters. The van der Waals surface area contributed by atoms with Crippen LogP contribution in [0.15, 0.2) is 0 Å². The van der Waals surface area contributed by atoms with Crippen molar-refractivity contribution in [2.24, 2.45) is 0 Å². The van der Waals surface area contributed by atoms with Crippen molar-refractivity contribution in [3.63, 3.8) is 0 Å². The third kappa shape index (κ3) is 2.28. The summed E-state index contributed by atoms with van der Waals surface area (Å²) in [6, 6.07) is 0.